The Morgan fingerprint density at radius 1 is 1.03 bits per heavy atom. The highest BCUT2D eigenvalue weighted by atomic mass is 127. The van der Waals surface area contributed by atoms with Gasteiger partial charge in [0.05, 0.1) is 6.54 Å². The molecule has 1 aromatic rings. The van der Waals surface area contributed by atoms with Crippen LogP contribution in [-0.2, 0) is 11.2 Å². The number of carbonyl (C=O) groups excluding carboxylic acids is 2. The Morgan fingerprint density at radius 2 is 1.72 bits per heavy atom. The van der Waals surface area contributed by atoms with Crippen molar-refractivity contribution < 1.29 is 9.59 Å². The zero-order chi connectivity index (χ0) is 22.2. The first-order valence-electron chi connectivity index (χ1n) is 11.2. The number of nitrogens with zero attached hydrogens (tertiary/aromatic N) is 5. The van der Waals surface area contributed by atoms with E-state index in [4.69, 9.17) is 0 Å². The van der Waals surface area contributed by atoms with Crippen LogP contribution in [0.4, 0.5) is 0 Å². The number of amides is 2. The molecule has 2 heterocycles. The quantitative estimate of drug-likeness (QED) is 0.326. The monoisotopic (exact) mass is 556 g/mol. The highest BCUT2D eigenvalue weighted by Gasteiger charge is 2.24. The van der Waals surface area contributed by atoms with E-state index in [1.54, 1.807) is 19.0 Å². The molecule has 0 radical (unpaired) electrons. The van der Waals surface area contributed by atoms with Crippen molar-refractivity contribution in [3.63, 3.8) is 0 Å². The fraction of sp³-hybridized carbons (Fsp3) is 0.609. The van der Waals surface area contributed by atoms with Crippen molar-refractivity contribution in [3.8, 4) is 0 Å². The molecule has 3 rings (SSSR count). The van der Waals surface area contributed by atoms with Gasteiger partial charge in [0.15, 0.2) is 5.96 Å². The minimum absolute atomic E-state index is 0. The molecule has 1 aromatic carbocycles. The van der Waals surface area contributed by atoms with Crippen molar-refractivity contribution in [3.05, 3.63) is 35.4 Å². The average Bonchev–Trinajstić information content (AvgIpc) is 3.32. The number of nitrogens with one attached hydrogen (secondary N) is 1. The first kappa shape index (κ1) is 26.4. The number of hydrogen-bond acceptors (Lipinski definition) is 4. The van der Waals surface area contributed by atoms with E-state index in [0.29, 0.717) is 12.1 Å². The summed E-state index contributed by atoms with van der Waals surface area (Å²) in [4.78, 5) is 37.1. The summed E-state index contributed by atoms with van der Waals surface area (Å²) in [7, 11) is 5.34. The van der Waals surface area contributed by atoms with Crippen molar-refractivity contribution in [1.29, 1.82) is 0 Å². The van der Waals surface area contributed by atoms with Crippen molar-refractivity contribution in [2.24, 2.45) is 4.99 Å². The fourth-order valence-electron chi connectivity index (χ4n) is 4.14. The van der Waals surface area contributed by atoms with Gasteiger partial charge in [-0.2, -0.15) is 0 Å². The van der Waals surface area contributed by atoms with Crippen LogP contribution < -0.4 is 5.32 Å². The first-order valence-corrected chi connectivity index (χ1v) is 11.2. The Balaban J connectivity index is 0.00000363. The summed E-state index contributed by atoms with van der Waals surface area (Å²) in [6, 6.07) is 7.80. The molecule has 1 N–H and O–H groups in total. The van der Waals surface area contributed by atoms with Crippen LogP contribution in [0.2, 0.25) is 0 Å². The van der Waals surface area contributed by atoms with Crippen LogP contribution in [0.1, 0.15) is 28.8 Å². The second-order valence-corrected chi connectivity index (χ2v) is 8.48. The molecule has 9 heteroatoms. The maximum absolute atomic E-state index is 12.4. The molecular weight excluding hydrogens is 519 g/mol. The topological polar surface area (TPSA) is 71.5 Å². The van der Waals surface area contributed by atoms with Gasteiger partial charge in [-0.15, -0.1) is 24.0 Å². The molecule has 0 saturated carbocycles. The van der Waals surface area contributed by atoms with Crippen molar-refractivity contribution >= 4 is 41.8 Å². The number of rotatable bonds is 6. The highest BCUT2D eigenvalue weighted by molar-refractivity contribution is 14.0. The Kier molecular flexibility index (Phi) is 10.7. The van der Waals surface area contributed by atoms with Gasteiger partial charge in [-0.1, -0.05) is 12.1 Å². The van der Waals surface area contributed by atoms with Gasteiger partial charge >= 0.3 is 0 Å². The second kappa shape index (κ2) is 13.0. The molecule has 8 nitrogen and oxygen atoms in total. The van der Waals surface area contributed by atoms with E-state index in [-0.39, 0.29) is 35.8 Å². The third-order valence-corrected chi connectivity index (χ3v) is 5.98. The maximum atomic E-state index is 12.4. The van der Waals surface area contributed by atoms with Crippen LogP contribution in [0.3, 0.4) is 0 Å². The number of benzene rings is 1. The molecule has 0 atom stereocenters. The summed E-state index contributed by atoms with van der Waals surface area (Å²) in [5.74, 6) is 1.18. The van der Waals surface area contributed by atoms with Crippen LogP contribution in [0.15, 0.2) is 29.3 Å². The van der Waals surface area contributed by atoms with Gasteiger partial charge in [0, 0.05) is 72.5 Å². The van der Waals surface area contributed by atoms with Gasteiger partial charge < -0.3 is 20.0 Å². The number of piperazine rings is 1. The molecule has 0 aromatic heterocycles. The van der Waals surface area contributed by atoms with Gasteiger partial charge in [0.25, 0.3) is 5.91 Å². The van der Waals surface area contributed by atoms with E-state index >= 15 is 0 Å². The van der Waals surface area contributed by atoms with E-state index in [9.17, 15) is 9.59 Å². The third-order valence-electron chi connectivity index (χ3n) is 5.98. The molecular formula is C23H37IN6O2. The summed E-state index contributed by atoms with van der Waals surface area (Å²) in [6.45, 7) is 6.58. The lowest BCUT2D eigenvalue weighted by Crippen LogP contribution is -2.54. The number of guanidine groups is 1. The molecule has 0 spiro atoms. The van der Waals surface area contributed by atoms with Gasteiger partial charge in [-0.25, -0.2) is 0 Å². The normalized spacial score (nSPS) is 17.2. The van der Waals surface area contributed by atoms with Gasteiger partial charge in [-0.05, 0) is 37.0 Å². The number of likely N-dealkylation sites (tertiary alicyclic amines) is 1. The van der Waals surface area contributed by atoms with E-state index in [1.165, 1.54) is 0 Å². The van der Waals surface area contributed by atoms with E-state index in [2.05, 4.69) is 20.1 Å². The molecule has 0 aliphatic carbocycles. The Hall–Kier alpha value is -1.88. The Bertz CT molecular complexity index is 786. The number of halogens is 1. The zero-order valence-electron chi connectivity index (χ0n) is 19.5. The lowest BCUT2D eigenvalue weighted by atomic mass is 10.1. The summed E-state index contributed by atoms with van der Waals surface area (Å²) < 4.78 is 0. The van der Waals surface area contributed by atoms with Crippen LogP contribution >= 0.6 is 24.0 Å². The molecule has 2 amide bonds. The van der Waals surface area contributed by atoms with Crippen molar-refractivity contribution in [2.45, 2.75) is 19.3 Å². The molecule has 0 unspecified atom stereocenters. The van der Waals surface area contributed by atoms with Crippen LogP contribution in [0.25, 0.3) is 0 Å². The summed E-state index contributed by atoms with van der Waals surface area (Å²) in [5, 5.41) is 3.45. The lowest BCUT2D eigenvalue weighted by molar-refractivity contribution is -0.131. The maximum Gasteiger partial charge on any atom is 0.253 e. The summed E-state index contributed by atoms with van der Waals surface area (Å²) >= 11 is 0. The average molecular weight is 556 g/mol. The Morgan fingerprint density at radius 3 is 2.34 bits per heavy atom. The molecule has 2 aliphatic heterocycles. The second-order valence-electron chi connectivity index (χ2n) is 8.48. The standard InChI is InChI=1S/C23H36N6O2.HI/c1-24-23(25-10-9-19-7-6-8-20(17-19)22(31)26(2)3)29-15-13-27(14-16-29)18-21(30)28-11-4-5-12-28;/h6-8,17H,4-5,9-16,18H2,1-3H3,(H,24,25);1H. The minimum atomic E-state index is 0. The van der Waals surface area contributed by atoms with Crippen LogP contribution in [0, 0.1) is 0 Å². The smallest absolute Gasteiger partial charge is 0.253 e. The number of carbonyl (C=O) groups is 2. The lowest BCUT2D eigenvalue weighted by Gasteiger charge is -2.36. The predicted molar refractivity (Wildman–Crippen MR) is 139 cm³/mol. The largest absolute Gasteiger partial charge is 0.356 e. The number of hydrogen-bond donors (Lipinski definition) is 1. The third kappa shape index (κ3) is 7.33. The highest BCUT2D eigenvalue weighted by Crippen LogP contribution is 2.10. The molecule has 2 saturated heterocycles. The van der Waals surface area contributed by atoms with Crippen LogP contribution in [0.5, 0.6) is 0 Å². The van der Waals surface area contributed by atoms with E-state index in [1.807, 2.05) is 36.2 Å². The first-order chi connectivity index (χ1) is 15.0. The molecule has 178 valence electrons. The SMILES string of the molecule is CN=C(NCCc1cccc(C(=O)N(C)C)c1)N1CCN(CC(=O)N2CCCC2)CC1.I. The Labute approximate surface area is 209 Å². The number of aliphatic imine (C=N–C) groups is 1. The van der Waals surface area contributed by atoms with Crippen LogP contribution in [-0.4, -0.2) is 111 Å². The molecule has 2 aliphatic rings. The summed E-state index contributed by atoms with van der Waals surface area (Å²) in [6.07, 6.45) is 3.09. The fourth-order valence-corrected chi connectivity index (χ4v) is 4.14. The molecule has 32 heavy (non-hydrogen) atoms. The van der Waals surface area contributed by atoms with E-state index < -0.39 is 0 Å². The zero-order valence-corrected chi connectivity index (χ0v) is 21.9. The van der Waals surface area contributed by atoms with Crippen molar-refractivity contribution in [2.75, 3.05) is 73.5 Å². The molecule has 2 fully saturated rings. The van der Waals surface area contributed by atoms with Gasteiger partial charge in [-0.3, -0.25) is 19.5 Å². The predicted octanol–water partition coefficient (Wildman–Crippen LogP) is 1.36. The van der Waals surface area contributed by atoms with Crippen molar-refractivity contribution in [1.82, 2.24) is 24.9 Å². The molecule has 0 bridgehead atoms. The summed E-state index contributed by atoms with van der Waals surface area (Å²) in [5.41, 5.74) is 1.84. The van der Waals surface area contributed by atoms with Gasteiger partial charge in [0.2, 0.25) is 5.91 Å². The van der Waals surface area contributed by atoms with E-state index in [0.717, 1.165) is 76.6 Å². The van der Waals surface area contributed by atoms with Gasteiger partial charge in [0.1, 0.15) is 0 Å². The minimum Gasteiger partial charge on any atom is -0.356 e.